The average Bonchev–Trinajstić information content (AvgIpc) is 2.15. The second-order valence-electron chi connectivity index (χ2n) is 2.03. The van der Waals surface area contributed by atoms with E-state index in [9.17, 15) is 0 Å². The summed E-state index contributed by atoms with van der Waals surface area (Å²) in [5.41, 5.74) is 0. The van der Waals surface area contributed by atoms with Crippen LogP contribution in [0.25, 0.3) is 0 Å². The van der Waals surface area contributed by atoms with Gasteiger partial charge >= 0.3 is 71.6 Å². The van der Waals surface area contributed by atoms with Crippen LogP contribution in [0.3, 0.4) is 0 Å². The third-order valence-electron chi connectivity index (χ3n) is 1.31. The van der Waals surface area contributed by atoms with Gasteiger partial charge in [0.25, 0.3) is 0 Å². The molecule has 50 valence electrons. The van der Waals surface area contributed by atoms with Crippen LogP contribution in [0.2, 0.25) is 0 Å². The van der Waals surface area contributed by atoms with E-state index in [0.29, 0.717) is 0 Å². The van der Waals surface area contributed by atoms with Gasteiger partial charge in [-0.1, -0.05) is 0 Å². The van der Waals surface area contributed by atoms with Crippen LogP contribution in [-0.4, -0.2) is 53.6 Å². The van der Waals surface area contributed by atoms with Gasteiger partial charge in [0.15, 0.2) is 0 Å². The summed E-state index contributed by atoms with van der Waals surface area (Å²) in [6, 6.07) is 0. The standard InChI is InChI=1S/C5H8N2Se2/c8-5(9)6-7-3-1-2-4-7/h1-4H2. The van der Waals surface area contributed by atoms with Crippen LogP contribution in [0.5, 0.6) is 0 Å². The summed E-state index contributed by atoms with van der Waals surface area (Å²) in [4.78, 5) is 0. The maximum absolute atomic E-state index is 4.22. The van der Waals surface area contributed by atoms with Crippen LogP contribution in [0.1, 0.15) is 12.8 Å². The molecule has 1 fully saturated rings. The molecule has 2 nitrogen and oxygen atoms in total. The van der Waals surface area contributed by atoms with Crippen LogP contribution in [0.4, 0.5) is 0 Å². The number of hydrogen-bond donors (Lipinski definition) is 0. The van der Waals surface area contributed by atoms with E-state index in [2.05, 4.69) is 42.1 Å². The van der Waals surface area contributed by atoms with Gasteiger partial charge in [-0.2, -0.15) is 0 Å². The van der Waals surface area contributed by atoms with Gasteiger partial charge in [0.2, 0.25) is 0 Å². The Morgan fingerprint density at radius 2 is 1.78 bits per heavy atom. The molecular formula is C5H8N2Se2. The predicted molar refractivity (Wildman–Crippen MR) is 39.8 cm³/mol. The van der Waals surface area contributed by atoms with Gasteiger partial charge in [0.05, 0.1) is 0 Å². The van der Waals surface area contributed by atoms with Crippen molar-refractivity contribution in [3.05, 3.63) is 0 Å². The van der Waals surface area contributed by atoms with Crippen LogP contribution in [-0.2, 0) is 0 Å². The normalized spacial score (nSPS) is 18.0. The van der Waals surface area contributed by atoms with Crippen molar-refractivity contribution in [2.24, 2.45) is 5.10 Å². The molecule has 1 heterocycles. The Bertz CT molecular complexity index is 114. The summed E-state index contributed by atoms with van der Waals surface area (Å²) < 4.78 is 0.914. The van der Waals surface area contributed by atoms with Crippen LogP contribution >= 0.6 is 0 Å². The molecule has 1 aliphatic heterocycles. The first kappa shape index (κ1) is 7.61. The van der Waals surface area contributed by atoms with Gasteiger partial charge in [-0.05, 0) is 0 Å². The van der Waals surface area contributed by atoms with Crippen molar-refractivity contribution in [2.75, 3.05) is 13.1 Å². The molecule has 0 bridgehead atoms. The van der Waals surface area contributed by atoms with Gasteiger partial charge < -0.3 is 0 Å². The summed E-state index contributed by atoms with van der Waals surface area (Å²) in [6.07, 6.45) is 2.58. The number of rotatable bonds is 1. The summed E-state index contributed by atoms with van der Waals surface area (Å²) >= 11 is 5.64. The predicted octanol–water partition coefficient (Wildman–Crippen LogP) is -0.310. The van der Waals surface area contributed by atoms with Crippen LogP contribution in [0.15, 0.2) is 5.10 Å². The zero-order valence-electron chi connectivity index (χ0n) is 5.04. The van der Waals surface area contributed by atoms with Crippen molar-refractivity contribution >= 4 is 35.5 Å². The van der Waals surface area contributed by atoms with Crippen LogP contribution in [0, 0.1) is 0 Å². The average molecular weight is 254 g/mol. The zero-order valence-corrected chi connectivity index (χ0v) is 8.47. The van der Waals surface area contributed by atoms with Gasteiger partial charge in [0.1, 0.15) is 0 Å². The monoisotopic (exact) mass is 256 g/mol. The maximum atomic E-state index is 4.22. The number of nitrogens with zero attached hydrogens (tertiary/aromatic N) is 2. The summed E-state index contributed by atoms with van der Waals surface area (Å²) in [5.74, 6) is 0. The van der Waals surface area contributed by atoms with Crippen LogP contribution < -0.4 is 0 Å². The van der Waals surface area contributed by atoms with Gasteiger partial charge in [-0.3, -0.25) is 0 Å². The van der Waals surface area contributed by atoms with Gasteiger partial charge in [0, 0.05) is 0 Å². The van der Waals surface area contributed by atoms with Crippen molar-refractivity contribution in [1.82, 2.24) is 5.01 Å². The van der Waals surface area contributed by atoms with E-state index in [0.717, 1.165) is 16.6 Å². The Morgan fingerprint density at radius 3 is 2.22 bits per heavy atom. The quantitative estimate of drug-likeness (QED) is 0.463. The first-order valence-corrected chi connectivity index (χ1v) is 4.68. The molecule has 1 saturated heterocycles. The fraction of sp³-hybridized carbons (Fsp3) is 0.800. The molecule has 0 spiro atoms. The van der Waals surface area contributed by atoms with Crippen molar-refractivity contribution in [3.8, 4) is 0 Å². The van der Waals surface area contributed by atoms with Gasteiger partial charge in [-0.25, -0.2) is 0 Å². The molecule has 0 N–H and O–H groups in total. The van der Waals surface area contributed by atoms with Crippen molar-refractivity contribution in [3.63, 3.8) is 0 Å². The van der Waals surface area contributed by atoms with Crippen molar-refractivity contribution < 1.29 is 0 Å². The fourth-order valence-electron chi connectivity index (χ4n) is 0.916. The molecule has 0 unspecified atom stereocenters. The fourth-order valence-corrected chi connectivity index (χ4v) is 1.40. The molecule has 0 atom stereocenters. The Balaban J connectivity index is 2.35. The summed E-state index contributed by atoms with van der Waals surface area (Å²) in [7, 11) is 0. The third-order valence-corrected chi connectivity index (χ3v) is 1.65. The third kappa shape index (κ3) is 2.72. The first-order chi connectivity index (χ1) is 4.29. The van der Waals surface area contributed by atoms with Crippen molar-refractivity contribution in [1.29, 1.82) is 0 Å². The topological polar surface area (TPSA) is 15.6 Å². The van der Waals surface area contributed by atoms with E-state index < -0.39 is 0 Å². The Labute approximate surface area is 71.7 Å². The number of hydrazone groups is 1. The van der Waals surface area contributed by atoms with E-state index in [4.69, 9.17) is 0 Å². The Hall–Kier alpha value is 0.509. The van der Waals surface area contributed by atoms with E-state index in [1.807, 2.05) is 0 Å². The SMILES string of the molecule is [Se]C([Se])=NN1CCCC1. The second-order valence-corrected chi connectivity index (χ2v) is 4.96. The molecule has 0 aliphatic carbocycles. The minimum atomic E-state index is 0.914. The molecule has 1 rings (SSSR count). The van der Waals surface area contributed by atoms with Crippen molar-refractivity contribution in [2.45, 2.75) is 12.8 Å². The molecule has 0 amide bonds. The number of hydrogen-bond acceptors (Lipinski definition) is 2. The van der Waals surface area contributed by atoms with E-state index in [-0.39, 0.29) is 0 Å². The zero-order chi connectivity index (χ0) is 6.69. The second kappa shape index (κ2) is 3.62. The first-order valence-electron chi connectivity index (χ1n) is 2.96. The molecule has 0 aromatic heterocycles. The summed E-state index contributed by atoms with van der Waals surface area (Å²) in [5, 5.41) is 6.30. The van der Waals surface area contributed by atoms with E-state index in [1.165, 1.54) is 12.8 Å². The Kier molecular flexibility index (Phi) is 3.06. The minimum absolute atomic E-state index is 0.914. The van der Waals surface area contributed by atoms with Gasteiger partial charge in [-0.15, -0.1) is 0 Å². The molecule has 4 heteroatoms. The molecule has 0 aromatic carbocycles. The molecule has 2 radical (unpaired) electrons. The molecule has 0 aromatic rings. The Morgan fingerprint density at radius 1 is 1.22 bits per heavy atom. The van der Waals surface area contributed by atoms with E-state index >= 15 is 0 Å². The molecular weight excluding hydrogens is 246 g/mol. The summed E-state index contributed by atoms with van der Waals surface area (Å²) in [6.45, 7) is 2.24. The molecule has 0 saturated carbocycles. The van der Waals surface area contributed by atoms with E-state index in [1.54, 1.807) is 0 Å². The molecule has 9 heavy (non-hydrogen) atoms. The molecule has 1 aliphatic rings.